The van der Waals surface area contributed by atoms with E-state index in [1.807, 2.05) is 31.3 Å². The van der Waals surface area contributed by atoms with Gasteiger partial charge in [-0.15, -0.1) is 5.10 Å². The first kappa shape index (κ1) is 11.3. The van der Waals surface area contributed by atoms with Crippen LogP contribution in [0.4, 0.5) is 11.8 Å². The lowest BCUT2D eigenvalue weighted by Crippen LogP contribution is -2.15. The fourth-order valence-corrected chi connectivity index (χ4v) is 1.32. The summed E-state index contributed by atoms with van der Waals surface area (Å²) >= 11 is 0. The Morgan fingerprint density at radius 2 is 2.24 bits per heavy atom. The van der Waals surface area contributed by atoms with Gasteiger partial charge in [0.05, 0.1) is 12.7 Å². The maximum absolute atomic E-state index is 4.35. The maximum Gasteiger partial charge on any atom is 0.224 e. The fraction of sp³-hybridized carbons (Fsp3) is 0.400. The Bertz CT molecular complexity index is 451. The van der Waals surface area contributed by atoms with Gasteiger partial charge in [-0.3, -0.25) is 4.68 Å². The smallest absolute Gasteiger partial charge is 0.224 e. The Morgan fingerprint density at radius 3 is 2.94 bits per heavy atom. The SMILES string of the molecule is CN(C)c1ccnc(NCCn2ccnn2)n1. The number of rotatable bonds is 5. The Balaban J connectivity index is 1.88. The Morgan fingerprint density at radius 1 is 1.35 bits per heavy atom. The summed E-state index contributed by atoms with van der Waals surface area (Å²) in [6.45, 7) is 1.44. The number of hydrogen-bond donors (Lipinski definition) is 1. The molecule has 1 N–H and O–H groups in total. The first-order valence-electron chi connectivity index (χ1n) is 5.34. The molecule has 90 valence electrons. The van der Waals surface area contributed by atoms with Crippen molar-refractivity contribution in [2.24, 2.45) is 0 Å². The molecule has 0 saturated heterocycles. The molecule has 0 aliphatic carbocycles. The molecule has 2 aromatic rings. The maximum atomic E-state index is 4.35. The molecule has 7 heteroatoms. The van der Waals surface area contributed by atoms with Gasteiger partial charge in [-0.25, -0.2) is 4.98 Å². The van der Waals surface area contributed by atoms with E-state index in [9.17, 15) is 0 Å². The molecule has 0 radical (unpaired) electrons. The summed E-state index contributed by atoms with van der Waals surface area (Å²) in [7, 11) is 3.89. The van der Waals surface area contributed by atoms with Gasteiger partial charge in [-0.1, -0.05) is 5.21 Å². The van der Waals surface area contributed by atoms with Gasteiger partial charge in [0.2, 0.25) is 5.95 Å². The minimum atomic E-state index is 0.622. The molecule has 2 aromatic heterocycles. The zero-order chi connectivity index (χ0) is 12.1. The minimum absolute atomic E-state index is 0.622. The van der Waals surface area contributed by atoms with Crippen molar-refractivity contribution in [1.82, 2.24) is 25.0 Å². The van der Waals surface area contributed by atoms with E-state index in [0.717, 1.165) is 12.4 Å². The summed E-state index contributed by atoms with van der Waals surface area (Å²) in [6, 6.07) is 1.86. The molecule has 17 heavy (non-hydrogen) atoms. The normalized spacial score (nSPS) is 10.2. The highest BCUT2D eigenvalue weighted by Crippen LogP contribution is 2.07. The van der Waals surface area contributed by atoms with E-state index in [1.165, 1.54) is 0 Å². The van der Waals surface area contributed by atoms with Gasteiger partial charge in [0, 0.05) is 33.0 Å². The van der Waals surface area contributed by atoms with Gasteiger partial charge in [-0.2, -0.15) is 4.98 Å². The number of hydrogen-bond acceptors (Lipinski definition) is 6. The number of nitrogens with zero attached hydrogens (tertiary/aromatic N) is 6. The van der Waals surface area contributed by atoms with E-state index in [1.54, 1.807) is 17.1 Å². The van der Waals surface area contributed by atoms with E-state index in [0.29, 0.717) is 12.5 Å². The molecule has 0 unspecified atom stereocenters. The van der Waals surface area contributed by atoms with Crippen LogP contribution in [0.5, 0.6) is 0 Å². The van der Waals surface area contributed by atoms with Gasteiger partial charge in [0.15, 0.2) is 0 Å². The summed E-state index contributed by atoms with van der Waals surface area (Å²) in [6.07, 6.45) is 5.21. The van der Waals surface area contributed by atoms with E-state index in [-0.39, 0.29) is 0 Å². The van der Waals surface area contributed by atoms with Crippen molar-refractivity contribution in [1.29, 1.82) is 0 Å². The second-order valence-electron chi connectivity index (χ2n) is 3.73. The predicted molar refractivity (Wildman–Crippen MR) is 64.9 cm³/mol. The molecule has 0 spiro atoms. The van der Waals surface area contributed by atoms with Gasteiger partial charge < -0.3 is 10.2 Å². The summed E-state index contributed by atoms with van der Waals surface area (Å²) in [4.78, 5) is 10.4. The molecule has 2 rings (SSSR count). The molecular weight excluding hydrogens is 218 g/mol. The van der Waals surface area contributed by atoms with E-state index in [2.05, 4.69) is 25.6 Å². The lowest BCUT2D eigenvalue weighted by Gasteiger charge is -2.12. The zero-order valence-electron chi connectivity index (χ0n) is 9.91. The highest BCUT2D eigenvalue weighted by atomic mass is 15.4. The van der Waals surface area contributed by atoms with E-state index >= 15 is 0 Å². The highest BCUT2D eigenvalue weighted by Gasteiger charge is 2.00. The van der Waals surface area contributed by atoms with E-state index in [4.69, 9.17) is 0 Å². The summed E-state index contributed by atoms with van der Waals surface area (Å²) in [5, 5.41) is 10.7. The average molecular weight is 233 g/mol. The topological polar surface area (TPSA) is 71.8 Å². The van der Waals surface area contributed by atoms with Gasteiger partial charge in [0.1, 0.15) is 5.82 Å². The number of anilines is 2. The van der Waals surface area contributed by atoms with Crippen molar-refractivity contribution in [3.8, 4) is 0 Å². The number of nitrogens with one attached hydrogen (secondary N) is 1. The molecule has 2 heterocycles. The molecular formula is C10H15N7. The third-order valence-electron chi connectivity index (χ3n) is 2.20. The summed E-state index contributed by atoms with van der Waals surface area (Å²) < 4.78 is 1.75. The monoisotopic (exact) mass is 233 g/mol. The van der Waals surface area contributed by atoms with Gasteiger partial charge in [0.25, 0.3) is 0 Å². The van der Waals surface area contributed by atoms with Crippen LogP contribution in [0.3, 0.4) is 0 Å². The van der Waals surface area contributed by atoms with Crippen LogP contribution in [-0.2, 0) is 6.54 Å². The average Bonchev–Trinajstić information content (AvgIpc) is 2.82. The molecule has 0 aliphatic heterocycles. The third-order valence-corrected chi connectivity index (χ3v) is 2.20. The van der Waals surface area contributed by atoms with Crippen molar-refractivity contribution in [3.05, 3.63) is 24.7 Å². The number of aromatic nitrogens is 5. The van der Waals surface area contributed by atoms with Gasteiger partial charge >= 0.3 is 0 Å². The predicted octanol–water partition coefficient (Wildman–Crippen LogP) is 0.246. The quantitative estimate of drug-likeness (QED) is 0.798. The third kappa shape index (κ3) is 3.13. The van der Waals surface area contributed by atoms with Crippen LogP contribution in [0.25, 0.3) is 0 Å². The van der Waals surface area contributed by atoms with E-state index < -0.39 is 0 Å². The van der Waals surface area contributed by atoms with Crippen LogP contribution >= 0.6 is 0 Å². The Hall–Kier alpha value is -2.18. The first-order valence-corrected chi connectivity index (χ1v) is 5.34. The second-order valence-corrected chi connectivity index (χ2v) is 3.73. The lowest BCUT2D eigenvalue weighted by atomic mass is 10.5. The van der Waals surface area contributed by atoms with Crippen molar-refractivity contribution < 1.29 is 0 Å². The lowest BCUT2D eigenvalue weighted by molar-refractivity contribution is 0.607. The van der Waals surface area contributed by atoms with Crippen molar-refractivity contribution in [2.75, 3.05) is 30.9 Å². The fourth-order valence-electron chi connectivity index (χ4n) is 1.32. The first-order chi connectivity index (χ1) is 8.25. The highest BCUT2D eigenvalue weighted by molar-refractivity contribution is 5.40. The van der Waals surface area contributed by atoms with Crippen molar-refractivity contribution in [2.45, 2.75) is 6.54 Å². The van der Waals surface area contributed by atoms with Crippen LogP contribution < -0.4 is 10.2 Å². The minimum Gasteiger partial charge on any atom is -0.363 e. The standard InChI is InChI=1S/C10H15N7/c1-16(2)9-3-4-11-10(14-9)12-5-7-17-8-6-13-15-17/h3-4,6,8H,5,7H2,1-2H3,(H,11,12,14). The van der Waals surface area contributed by atoms with Gasteiger partial charge in [-0.05, 0) is 6.07 Å². The van der Waals surface area contributed by atoms with Crippen LogP contribution in [0.1, 0.15) is 0 Å². The molecule has 0 fully saturated rings. The van der Waals surface area contributed by atoms with Crippen LogP contribution in [-0.4, -0.2) is 45.6 Å². The Kier molecular flexibility index (Phi) is 3.49. The summed E-state index contributed by atoms with van der Waals surface area (Å²) in [5.74, 6) is 1.50. The Labute approximate surface area is 99.5 Å². The molecule has 7 nitrogen and oxygen atoms in total. The molecule has 0 atom stereocenters. The van der Waals surface area contributed by atoms with Crippen LogP contribution in [0.2, 0.25) is 0 Å². The van der Waals surface area contributed by atoms with Crippen molar-refractivity contribution in [3.63, 3.8) is 0 Å². The molecule has 0 aromatic carbocycles. The molecule has 0 saturated carbocycles. The molecule has 0 bridgehead atoms. The van der Waals surface area contributed by atoms with Crippen LogP contribution in [0.15, 0.2) is 24.7 Å². The second kappa shape index (κ2) is 5.24. The molecule has 0 amide bonds. The molecule has 0 aliphatic rings. The van der Waals surface area contributed by atoms with Crippen molar-refractivity contribution >= 4 is 11.8 Å². The summed E-state index contributed by atoms with van der Waals surface area (Å²) in [5.41, 5.74) is 0. The largest absolute Gasteiger partial charge is 0.363 e. The zero-order valence-corrected chi connectivity index (χ0v) is 9.91. The van der Waals surface area contributed by atoms with Crippen LogP contribution in [0, 0.1) is 0 Å².